The molecule has 0 spiro atoms. The van der Waals surface area contributed by atoms with E-state index in [1.807, 2.05) is 32.9 Å². The van der Waals surface area contributed by atoms with Crippen molar-refractivity contribution < 1.29 is 18.3 Å². The minimum Gasteiger partial charge on any atom is -0.435 e. The van der Waals surface area contributed by atoms with Crippen molar-refractivity contribution >= 4 is 34.6 Å². The molecule has 28 heavy (non-hydrogen) atoms. The molecule has 0 atom stereocenters. The molecule has 4 N–H and O–H groups in total. The van der Waals surface area contributed by atoms with Crippen LogP contribution in [0.1, 0.15) is 16.7 Å². The van der Waals surface area contributed by atoms with Gasteiger partial charge in [-0.2, -0.15) is 8.78 Å². The summed E-state index contributed by atoms with van der Waals surface area (Å²) in [5.41, 5.74) is 9.83. The van der Waals surface area contributed by atoms with Crippen LogP contribution in [0.5, 0.6) is 5.75 Å². The Labute approximate surface area is 167 Å². The normalized spacial score (nSPS) is 10.4. The van der Waals surface area contributed by atoms with Gasteiger partial charge in [-0.3, -0.25) is 15.6 Å². The van der Waals surface area contributed by atoms with Gasteiger partial charge in [0.05, 0.1) is 6.54 Å². The molecule has 1 amide bonds. The van der Waals surface area contributed by atoms with Gasteiger partial charge in [-0.05, 0) is 68.4 Å². The predicted octanol–water partition coefficient (Wildman–Crippen LogP) is 3.64. The molecule has 0 saturated heterocycles. The lowest BCUT2D eigenvalue weighted by molar-refractivity contribution is -0.119. The third kappa shape index (κ3) is 6.66. The van der Waals surface area contributed by atoms with Crippen LogP contribution in [0, 0.1) is 20.8 Å². The van der Waals surface area contributed by atoms with E-state index < -0.39 is 6.61 Å². The van der Waals surface area contributed by atoms with Gasteiger partial charge in [0.1, 0.15) is 5.75 Å². The number of nitrogens with one attached hydrogen (secondary N) is 4. The molecule has 6 nitrogen and oxygen atoms in total. The molecule has 150 valence electrons. The van der Waals surface area contributed by atoms with Crippen LogP contribution in [-0.4, -0.2) is 24.2 Å². The van der Waals surface area contributed by atoms with Gasteiger partial charge in [0.15, 0.2) is 5.11 Å². The van der Waals surface area contributed by atoms with Gasteiger partial charge in [0.2, 0.25) is 0 Å². The average Bonchev–Trinajstić information content (AvgIpc) is 2.60. The summed E-state index contributed by atoms with van der Waals surface area (Å²) in [6.07, 6.45) is 0. The van der Waals surface area contributed by atoms with Crippen LogP contribution in [0.4, 0.5) is 20.2 Å². The molecule has 9 heteroatoms. The third-order valence-corrected chi connectivity index (χ3v) is 3.96. The Balaban J connectivity index is 1.77. The minimum absolute atomic E-state index is 0.0421. The molecule has 0 aromatic heterocycles. The molecular formula is C19H22F2N4O2S. The maximum atomic E-state index is 12.1. The van der Waals surface area contributed by atoms with E-state index in [-0.39, 0.29) is 23.3 Å². The Kier molecular flexibility index (Phi) is 7.51. The van der Waals surface area contributed by atoms with Crippen LogP contribution in [-0.2, 0) is 4.79 Å². The second-order valence-corrected chi connectivity index (χ2v) is 6.57. The maximum Gasteiger partial charge on any atom is 0.387 e. The van der Waals surface area contributed by atoms with Crippen LogP contribution in [0.2, 0.25) is 0 Å². The number of hydrogen-bond acceptors (Lipinski definition) is 4. The zero-order valence-electron chi connectivity index (χ0n) is 15.7. The van der Waals surface area contributed by atoms with Crippen molar-refractivity contribution in [1.82, 2.24) is 10.9 Å². The van der Waals surface area contributed by atoms with E-state index in [2.05, 4.69) is 26.2 Å². The fourth-order valence-corrected chi connectivity index (χ4v) is 2.85. The zero-order chi connectivity index (χ0) is 20.7. The third-order valence-electron chi connectivity index (χ3n) is 3.76. The number of rotatable bonds is 6. The lowest BCUT2D eigenvalue weighted by atomic mass is 10.1. The summed E-state index contributed by atoms with van der Waals surface area (Å²) in [5.74, 6) is -0.260. The monoisotopic (exact) mass is 408 g/mol. The van der Waals surface area contributed by atoms with Crippen molar-refractivity contribution in [3.8, 4) is 5.75 Å². The molecule has 2 rings (SSSR count). The molecule has 2 aromatic carbocycles. The van der Waals surface area contributed by atoms with Crippen molar-refractivity contribution in [3.63, 3.8) is 0 Å². The topological polar surface area (TPSA) is 74.4 Å². The quantitative estimate of drug-likeness (QED) is 0.432. The van der Waals surface area contributed by atoms with Crippen LogP contribution in [0.25, 0.3) is 0 Å². The Morgan fingerprint density at radius 1 is 1.07 bits per heavy atom. The first-order valence-corrected chi connectivity index (χ1v) is 8.88. The largest absolute Gasteiger partial charge is 0.435 e. The first kappa shape index (κ1) is 21.4. The van der Waals surface area contributed by atoms with Gasteiger partial charge >= 0.3 is 6.61 Å². The van der Waals surface area contributed by atoms with Crippen molar-refractivity contribution in [1.29, 1.82) is 0 Å². The Morgan fingerprint density at radius 3 is 2.25 bits per heavy atom. The molecule has 0 radical (unpaired) electrons. The number of ether oxygens (including phenoxy) is 1. The van der Waals surface area contributed by atoms with Gasteiger partial charge in [0.25, 0.3) is 5.91 Å². The lowest BCUT2D eigenvalue weighted by Gasteiger charge is -2.15. The van der Waals surface area contributed by atoms with Gasteiger partial charge in [-0.25, -0.2) is 0 Å². The summed E-state index contributed by atoms with van der Waals surface area (Å²) in [4.78, 5) is 12.0. The number of hydrogen-bond donors (Lipinski definition) is 4. The van der Waals surface area contributed by atoms with E-state index in [9.17, 15) is 13.6 Å². The lowest BCUT2D eigenvalue weighted by Crippen LogP contribution is -2.45. The zero-order valence-corrected chi connectivity index (χ0v) is 16.5. The highest BCUT2D eigenvalue weighted by molar-refractivity contribution is 7.80. The van der Waals surface area contributed by atoms with E-state index in [0.717, 1.165) is 22.4 Å². The van der Waals surface area contributed by atoms with Crippen LogP contribution >= 0.6 is 12.2 Å². The van der Waals surface area contributed by atoms with Gasteiger partial charge in [0, 0.05) is 11.4 Å². The summed E-state index contributed by atoms with van der Waals surface area (Å²) in [6, 6.07) is 9.90. The SMILES string of the molecule is Cc1cc(C)c(NCC(=O)NNC(=S)Nc2ccc(OC(F)F)cc2)c(C)c1. The number of carbonyl (C=O) groups excluding carboxylic acids is 1. The maximum absolute atomic E-state index is 12.1. The first-order valence-electron chi connectivity index (χ1n) is 8.47. The van der Waals surface area contributed by atoms with Crippen LogP contribution in [0.15, 0.2) is 36.4 Å². The average molecular weight is 408 g/mol. The summed E-state index contributed by atoms with van der Waals surface area (Å²) < 4.78 is 28.5. The number of thiocarbonyl (C=S) groups is 1. The number of aryl methyl sites for hydroxylation is 3. The number of amides is 1. The standard InChI is InChI=1S/C19H22F2N4O2S/c1-11-8-12(2)17(13(3)9-11)22-10-16(26)24-25-19(28)23-14-4-6-15(7-5-14)27-18(20)21/h4-9,18,22H,10H2,1-3H3,(H,24,26)(H2,23,25,28). The highest BCUT2D eigenvalue weighted by atomic mass is 32.1. The molecule has 0 aliphatic carbocycles. The van der Waals surface area contributed by atoms with E-state index in [1.54, 1.807) is 0 Å². The second kappa shape index (κ2) is 9.84. The molecule has 0 heterocycles. The number of anilines is 2. The second-order valence-electron chi connectivity index (χ2n) is 6.16. The molecule has 0 unspecified atom stereocenters. The fraction of sp³-hybridized carbons (Fsp3) is 0.263. The summed E-state index contributed by atoms with van der Waals surface area (Å²) in [7, 11) is 0. The van der Waals surface area contributed by atoms with Gasteiger partial charge in [-0.15, -0.1) is 0 Å². The molecule has 0 bridgehead atoms. The van der Waals surface area contributed by atoms with Gasteiger partial charge < -0.3 is 15.4 Å². The highest BCUT2D eigenvalue weighted by Crippen LogP contribution is 2.21. The molecule has 0 fully saturated rings. The van der Waals surface area contributed by atoms with E-state index >= 15 is 0 Å². The number of benzene rings is 2. The molecule has 0 aliphatic heterocycles. The predicted molar refractivity (Wildman–Crippen MR) is 110 cm³/mol. The summed E-state index contributed by atoms with van der Waals surface area (Å²) >= 11 is 5.08. The molecule has 0 aliphatic rings. The molecule has 2 aromatic rings. The van der Waals surface area contributed by atoms with E-state index in [1.165, 1.54) is 24.3 Å². The number of halogens is 2. The number of alkyl halides is 2. The number of hydrazine groups is 1. The fourth-order valence-electron chi connectivity index (χ4n) is 2.68. The van der Waals surface area contributed by atoms with E-state index in [0.29, 0.717) is 5.69 Å². The number of carbonyl (C=O) groups is 1. The van der Waals surface area contributed by atoms with E-state index in [4.69, 9.17) is 12.2 Å². The molecule has 0 saturated carbocycles. The minimum atomic E-state index is -2.88. The van der Waals surface area contributed by atoms with Crippen molar-refractivity contribution in [2.45, 2.75) is 27.4 Å². The van der Waals surface area contributed by atoms with Crippen LogP contribution < -0.4 is 26.2 Å². The van der Waals surface area contributed by atoms with Crippen molar-refractivity contribution in [2.24, 2.45) is 0 Å². The summed E-state index contributed by atoms with van der Waals surface area (Å²) in [6.45, 7) is 3.18. The highest BCUT2D eigenvalue weighted by Gasteiger charge is 2.07. The molecular weight excluding hydrogens is 386 g/mol. The smallest absolute Gasteiger partial charge is 0.387 e. The van der Waals surface area contributed by atoms with Crippen molar-refractivity contribution in [3.05, 3.63) is 53.1 Å². The first-order chi connectivity index (χ1) is 13.2. The van der Waals surface area contributed by atoms with Gasteiger partial charge in [-0.1, -0.05) is 17.7 Å². The van der Waals surface area contributed by atoms with Crippen molar-refractivity contribution in [2.75, 3.05) is 17.2 Å². The van der Waals surface area contributed by atoms with Crippen LogP contribution in [0.3, 0.4) is 0 Å². The Hall–Kier alpha value is -2.94. The summed E-state index contributed by atoms with van der Waals surface area (Å²) in [5, 5.41) is 6.08. The Morgan fingerprint density at radius 2 is 1.68 bits per heavy atom. The Bertz CT molecular complexity index is 821.